The summed E-state index contributed by atoms with van der Waals surface area (Å²) in [6.07, 6.45) is 1.66. The van der Waals surface area contributed by atoms with Crippen molar-refractivity contribution in [3.63, 3.8) is 0 Å². The zero-order valence-electron chi connectivity index (χ0n) is 15.0. The number of nitrogens with zero attached hydrogens (tertiary/aromatic N) is 2. The minimum atomic E-state index is -3.66. The Bertz CT molecular complexity index is 1120. The fourth-order valence-electron chi connectivity index (χ4n) is 3.13. The number of hydrogen-bond donors (Lipinski definition) is 1. The minimum Gasteiger partial charge on any atom is -0.379 e. The number of amides is 1. The molecule has 7 nitrogen and oxygen atoms in total. The van der Waals surface area contributed by atoms with E-state index in [4.69, 9.17) is 4.74 Å². The zero-order valence-corrected chi connectivity index (χ0v) is 15.9. The monoisotopic (exact) mass is 397 g/mol. The maximum Gasteiger partial charge on any atom is 0.255 e. The van der Waals surface area contributed by atoms with Crippen LogP contribution in [0.3, 0.4) is 0 Å². The Morgan fingerprint density at radius 2 is 1.79 bits per heavy atom. The summed E-state index contributed by atoms with van der Waals surface area (Å²) in [5.74, 6) is -0.391. The summed E-state index contributed by atoms with van der Waals surface area (Å²) in [5, 5.41) is 3.74. The van der Waals surface area contributed by atoms with E-state index in [1.54, 1.807) is 24.4 Å². The predicted molar refractivity (Wildman–Crippen MR) is 106 cm³/mol. The summed E-state index contributed by atoms with van der Waals surface area (Å²) >= 11 is 0. The first-order chi connectivity index (χ1) is 13.6. The number of aromatic nitrogens is 1. The van der Waals surface area contributed by atoms with Crippen LogP contribution in [0.25, 0.3) is 10.9 Å². The molecular formula is C20H19N3O4S. The quantitative estimate of drug-likeness (QED) is 0.731. The summed E-state index contributed by atoms with van der Waals surface area (Å²) in [5.41, 5.74) is 1.52. The molecule has 1 aliphatic heterocycles. The number of anilines is 1. The Kier molecular flexibility index (Phi) is 5.08. The van der Waals surface area contributed by atoms with Crippen LogP contribution in [0.4, 0.5) is 5.69 Å². The highest BCUT2D eigenvalue weighted by Crippen LogP contribution is 2.23. The van der Waals surface area contributed by atoms with Gasteiger partial charge < -0.3 is 10.1 Å². The minimum absolute atomic E-state index is 0.0955. The number of carbonyl (C=O) groups excluding carboxylic acids is 1. The molecular weight excluding hydrogens is 378 g/mol. The second-order valence-electron chi connectivity index (χ2n) is 6.38. The third-order valence-electron chi connectivity index (χ3n) is 4.58. The van der Waals surface area contributed by atoms with Crippen molar-refractivity contribution in [2.75, 3.05) is 31.6 Å². The summed E-state index contributed by atoms with van der Waals surface area (Å²) in [6, 6.07) is 15.3. The van der Waals surface area contributed by atoms with Crippen LogP contribution < -0.4 is 5.32 Å². The number of pyridine rings is 1. The zero-order chi connectivity index (χ0) is 19.6. The topological polar surface area (TPSA) is 88.6 Å². The molecule has 0 spiro atoms. The van der Waals surface area contributed by atoms with Crippen molar-refractivity contribution < 1.29 is 17.9 Å². The van der Waals surface area contributed by atoms with Crippen LogP contribution in [0.1, 0.15) is 10.4 Å². The van der Waals surface area contributed by atoms with E-state index < -0.39 is 15.9 Å². The lowest BCUT2D eigenvalue weighted by Crippen LogP contribution is -2.40. The van der Waals surface area contributed by atoms with Gasteiger partial charge in [0.2, 0.25) is 10.0 Å². The number of ether oxygens (including phenoxy) is 1. The molecule has 1 saturated heterocycles. The van der Waals surface area contributed by atoms with E-state index in [1.807, 2.05) is 24.3 Å². The van der Waals surface area contributed by atoms with Gasteiger partial charge >= 0.3 is 0 Å². The van der Waals surface area contributed by atoms with E-state index in [1.165, 1.54) is 16.4 Å². The van der Waals surface area contributed by atoms with Gasteiger partial charge in [0.15, 0.2) is 0 Å². The average molecular weight is 397 g/mol. The number of rotatable bonds is 4. The first-order valence-corrected chi connectivity index (χ1v) is 10.3. The number of benzene rings is 2. The van der Waals surface area contributed by atoms with Crippen LogP contribution in [0.15, 0.2) is 65.7 Å². The molecule has 28 heavy (non-hydrogen) atoms. The van der Waals surface area contributed by atoms with Crippen molar-refractivity contribution in [3.05, 3.63) is 66.4 Å². The molecule has 1 aliphatic rings. The number of fused-ring (bicyclic) bond motifs is 1. The van der Waals surface area contributed by atoms with Crippen molar-refractivity contribution >= 4 is 32.5 Å². The van der Waals surface area contributed by atoms with Gasteiger partial charge in [-0.15, -0.1) is 0 Å². The maximum absolute atomic E-state index is 12.8. The van der Waals surface area contributed by atoms with Gasteiger partial charge in [0.05, 0.1) is 29.3 Å². The standard InChI is InChI=1S/C20H19N3O4S/c24-20(22-18-8-2-4-15-6-3-9-21-19(15)18)16-5-1-7-17(14-16)28(25,26)23-10-12-27-13-11-23/h1-9,14H,10-13H2,(H,22,24). The molecule has 0 bridgehead atoms. The van der Waals surface area contributed by atoms with Gasteiger partial charge in [-0.2, -0.15) is 4.31 Å². The summed E-state index contributed by atoms with van der Waals surface area (Å²) in [4.78, 5) is 17.2. The van der Waals surface area contributed by atoms with Gasteiger partial charge in [-0.3, -0.25) is 9.78 Å². The van der Waals surface area contributed by atoms with Gasteiger partial charge in [-0.25, -0.2) is 8.42 Å². The molecule has 3 aromatic rings. The molecule has 1 aromatic heterocycles. The third-order valence-corrected chi connectivity index (χ3v) is 6.48. The molecule has 4 rings (SSSR count). The van der Waals surface area contributed by atoms with E-state index in [0.717, 1.165) is 5.39 Å². The van der Waals surface area contributed by atoms with Crippen molar-refractivity contribution in [1.82, 2.24) is 9.29 Å². The van der Waals surface area contributed by atoms with Crippen LogP contribution in [0, 0.1) is 0 Å². The Balaban J connectivity index is 1.61. The van der Waals surface area contributed by atoms with E-state index in [2.05, 4.69) is 10.3 Å². The van der Waals surface area contributed by atoms with Crippen LogP contribution in [0.2, 0.25) is 0 Å². The first kappa shape index (κ1) is 18.5. The molecule has 0 unspecified atom stereocenters. The first-order valence-electron chi connectivity index (χ1n) is 8.89. The SMILES string of the molecule is O=C(Nc1cccc2cccnc12)c1cccc(S(=O)(=O)N2CCOCC2)c1. The largest absolute Gasteiger partial charge is 0.379 e. The number of morpholine rings is 1. The molecule has 0 aliphatic carbocycles. The molecule has 2 heterocycles. The fraction of sp³-hybridized carbons (Fsp3) is 0.200. The van der Waals surface area contributed by atoms with Crippen molar-refractivity contribution in [3.8, 4) is 0 Å². The highest BCUT2D eigenvalue weighted by molar-refractivity contribution is 7.89. The van der Waals surface area contributed by atoms with E-state index in [9.17, 15) is 13.2 Å². The lowest BCUT2D eigenvalue weighted by atomic mass is 10.1. The molecule has 0 atom stereocenters. The number of hydrogen-bond acceptors (Lipinski definition) is 5. The molecule has 1 fully saturated rings. The van der Waals surface area contributed by atoms with Gasteiger partial charge in [0.1, 0.15) is 0 Å². The van der Waals surface area contributed by atoms with Gasteiger partial charge in [0.25, 0.3) is 5.91 Å². The van der Waals surface area contributed by atoms with Crippen LogP contribution in [-0.4, -0.2) is 49.9 Å². The van der Waals surface area contributed by atoms with Gasteiger partial charge in [-0.05, 0) is 30.3 Å². The lowest BCUT2D eigenvalue weighted by molar-refractivity contribution is 0.0730. The second-order valence-corrected chi connectivity index (χ2v) is 8.32. The summed E-state index contributed by atoms with van der Waals surface area (Å²) < 4.78 is 32.2. The van der Waals surface area contributed by atoms with Gasteiger partial charge in [-0.1, -0.05) is 24.3 Å². The Labute approximate surface area is 163 Å². The highest BCUT2D eigenvalue weighted by Gasteiger charge is 2.26. The Hall–Kier alpha value is -2.81. The number of sulfonamides is 1. The molecule has 0 saturated carbocycles. The summed E-state index contributed by atoms with van der Waals surface area (Å²) in [6.45, 7) is 1.35. The van der Waals surface area contributed by atoms with E-state index in [-0.39, 0.29) is 10.5 Å². The maximum atomic E-state index is 12.8. The number of para-hydroxylation sites is 1. The van der Waals surface area contributed by atoms with E-state index in [0.29, 0.717) is 37.5 Å². The van der Waals surface area contributed by atoms with Crippen LogP contribution >= 0.6 is 0 Å². The normalized spacial score (nSPS) is 15.4. The van der Waals surface area contributed by atoms with Crippen molar-refractivity contribution in [1.29, 1.82) is 0 Å². The van der Waals surface area contributed by atoms with Crippen LogP contribution in [0.5, 0.6) is 0 Å². The van der Waals surface area contributed by atoms with Crippen molar-refractivity contribution in [2.45, 2.75) is 4.90 Å². The van der Waals surface area contributed by atoms with Gasteiger partial charge in [0, 0.05) is 30.2 Å². The fourth-order valence-corrected chi connectivity index (χ4v) is 4.59. The second kappa shape index (κ2) is 7.67. The van der Waals surface area contributed by atoms with E-state index >= 15 is 0 Å². The number of nitrogens with one attached hydrogen (secondary N) is 1. The molecule has 0 radical (unpaired) electrons. The Morgan fingerprint density at radius 3 is 2.61 bits per heavy atom. The molecule has 8 heteroatoms. The molecule has 1 N–H and O–H groups in total. The third kappa shape index (κ3) is 3.62. The summed E-state index contributed by atoms with van der Waals surface area (Å²) in [7, 11) is -3.66. The van der Waals surface area contributed by atoms with Crippen LogP contribution in [-0.2, 0) is 14.8 Å². The highest BCUT2D eigenvalue weighted by atomic mass is 32.2. The Morgan fingerprint density at radius 1 is 1.04 bits per heavy atom. The molecule has 2 aromatic carbocycles. The molecule has 1 amide bonds. The lowest BCUT2D eigenvalue weighted by Gasteiger charge is -2.26. The average Bonchev–Trinajstić information content (AvgIpc) is 2.75. The predicted octanol–water partition coefficient (Wildman–Crippen LogP) is 2.51. The van der Waals surface area contributed by atoms with Crippen molar-refractivity contribution in [2.24, 2.45) is 0 Å². The molecule has 144 valence electrons. The smallest absolute Gasteiger partial charge is 0.255 e. The number of carbonyl (C=O) groups is 1.